The molecule has 2 N–H and O–H groups in total. The predicted molar refractivity (Wildman–Crippen MR) is 118 cm³/mol. The number of aliphatic hydroxyl groups is 1. The van der Waals surface area contributed by atoms with E-state index in [0.717, 1.165) is 25.2 Å². The van der Waals surface area contributed by atoms with E-state index in [-0.39, 0.29) is 24.3 Å². The van der Waals surface area contributed by atoms with E-state index in [9.17, 15) is 14.3 Å². The maximum absolute atomic E-state index is 13.6. The van der Waals surface area contributed by atoms with Gasteiger partial charge in [0, 0.05) is 38.8 Å². The van der Waals surface area contributed by atoms with Crippen molar-refractivity contribution in [1.82, 2.24) is 15.1 Å². The molecule has 7 heteroatoms. The number of nitrogens with one attached hydrogen (secondary N) is 1. The fraction of sp³-hybridized carbons (Fsp3) is 0.458. The van der Waals surface area contributed by atoms with Crippen LogP contribution < -0.4 is 10.1 Å². The van der Waals surface area contributed by atoms with Crippen LogP contribution in [-0.4, -0.2) is 72.3 Å². The van der Waals surface area contributed by atoms with Gasteiger partial charge in [-0.25, -0.2) is 4.39 Å². The maximum atomic E-state index is 13.6. The molecular weight excluding hydrogens is 397 g/mol. The number of aliphatic hydroxyl groups excluding tert-OH is 1. The van der Waals surface area contributed by atoms with Crippen molar-refractivity contribution in [1.29, 1.82) is 0 Å². The van der Waals surface area contributed by atoms with Crippen LogP contribution in [-0.2, 0) is 11.3 Å². The second-order valence-corrected chi connectivity index (χ2v) is 8.24. The monoisotopic (exact) mass is 429 g/mol. The number of aryl methyl sites for hydroxylation is 1. The molecule has 1 heterocycles. The Morgan fingerprint density at radius 2 is 2.06 bits per heavy atom. The maximum Gasteiger partial charge on any atom is 0.234 e. The number of carbonyl (C=O) groups excluding carboxylic acids is 1. The Morgan fingerprint density at radius 1 is 1.26 bits per heavy atom. The molecular formula is C24H32FN3O3. The second kappa shape index (κ2) is 11.2. The fourth-order valence-corrected chi connectivity index (χ4v) is 3.84. The van der Waals surface area contributed by atoms with Gasteiger partial charge in [0.25, 0.3) is 0 Å². The fourth-order valence-electron chi connectivity index (χ4n) is 3.84. The van der Waals surface area contributed by atoms with Gasteiger partial charge in [0.1, 0.15) is 12.7 Å². The van der Waals surface area contributed by atoms with Gasteiger partial charge in [-0.2, -0.15) is 0 Å². The van der Waals surface area contributed by atoms with Gasteiger partial charge in [-0.3, -0.25) is 14.6 Å². The molecule has 168 valence electrons. The minimum Gasteiger partial charge on any atom is -0.488 e. The van der Waals surface area contributed by atoms with Crippen molar-refractivity contribution in [3.63, 3.8) is 0 Å². The average Bonchev–Trinajstić information content (AvgIpc) is 2.74. The normalized spacial score (nSPS) is 18.5. The Labute approximate surface area is 183 Å². The molecule has 1 fully saturated rings. The molecule has 1 saturated heterocycles. The van der Waals surface area contributed by atoms with E-state index in [2.05, 4.69) is 28.1 Å². The standard InChI is InChI=1S/C24H32FN3O3/c1-18-6-5-7-20(12-18)13-26-24(30)16-27-10-11-28(19(2)14-27)15-21(29)17-31-23-9-4-3-8-22(23)25/h3-9,12,19,21,29H,10-11,13-17H2,1-2H3,(H,26,30)/t19-,21+/m0/s1. The summed E-state index contributed by atoms with van der Waals surface area (Å²) in [6, 6.07) is 14.5. The number of β-amino-alcohol motifs (C(OH)–C–C–N with tert-alkyl or cyclic N) is 1. The highest BCUT2D eigenvalue weighted by atomic mass is 19.1. The van der Waals surface area contributed by atoms with E-state index in [0.29, 0.717) is 19.6 Å². The van der Waals surface area contributed by atoms with E-state index in [1.54, 1.807) is 18.2 Å². The summed E-state index contributed by atoms with van der Waals surface area (Å²) in [6.45, 7) is 7.76. The van der Waals surface area contributed by atoms with Crippen LogP contribution in [0, 0.1) is 12.7 Å². The van der Waals surface area contributed by atoms with Crippen molar-refractivity contribution in [2.24, 2.45) is 0 Å². The summed E-state index contributed by atoms with van der Waals surface area (Å²) < 4.78 is 19.0. The number of nitrogens with zero attached hydrogens (tertiary/aromatic N) is 2. The topological polar surface area (TPSA) is 65.0 Å². The SMILES string of the molecule is Cc1cccc(CNC(=O)CN2CCN(C[C@@H](O)COc3ccccc3F)[C@@H](C)C2)c1. The lowest BCUT2D eigenvalue weighted by molar-refractivity contribution is -0.123. The largest absolute Gasteiger partial charge is 0.488 e. The minimum absolute atomic E-state index is 0.0143. The number of piperazine rings is 1. The first kappa shape index (κ1) is 23.2. The highest BCUT2D eigenvalue weighted by molar-refractivity contribution is 5.78. The van der Waals surface area contributed by atoms with Crippen LogP contribution in [0.3, 0.4) is 0 Å². The van der Waals surface area contributed by atoms with Crippen molar-refractivity contribution in [3.05, 3.63) is 65.5 Å². The Kier molecular flexibility index (Phi) is 8.40. The lowest BCUT2D eigenvalue weighted by atomic mass is 10.1. The first-order valence-electron chi connectivity index (χ1n) is 10.7. The molecule has 0 radical (unpaired) electrons. The number of ether oxygens (including phenoxy) is 1. The van der Waals surface area contributed by atoms with Gasteiger partial charge >= 0.3 is 0 Å². The van der Waals surface area contributed by atoms with Gasteiger partial charge in [0.2, 0.25) is 5.91 Å². The molecule has 1 aliphatic heterocycles. The smallest absolute Gasteiger partial charge is 0.234 e. The molecule has 2 aromatic carbocycles. The molecule has 0 aromatic heterocycles. The molecule has 0 unspecified atom stereocenters. The molecule has 6 nitrogen and oxygen atoms in total. The summed E-state index contributed by atoms with van der Waals surface area (Å²) in [5.41, 5.74) is 2.27. The number of rotatable bonds is 9. The van der Waals surface area contributed by atoms with E-state index in [1.165, 1.54) is 11.6 Å². The zero-order chi connectivity index (χ0) is 22.2. The van der Waals surface area contributed by atoms with Gasteiger partial charge in [0.15, 0.2) is 11.6 Å². The third kappa shape index (κ3) is 7.31. The van der Waals surface area contributed by atoms with Gasteiger partial charge in [-0.15, -0.1) is 0 Å². The Bertz CT molecular complexity index is 863. The van der Waals surface area contributed by atoms with Crippen LogP contribution >= 0.6 is 0 Å². The molecule has 0 aliphatic carbocycles. The van der Waals surface area contributed by atoms with E-state index >= 15 is 0 Å². The van der Waals surface area contributed by atoms with Crippen molar-refractivity contribution in [2.75, 3.05) is 39.3 Å². The van der Waals surface area contributed by atoms with Crippen LogP contribution in [0.25, 0.3) is 0 Å². The number of carbonyl (C=O) groups is 1. The summed E-state index contributed by atoms with van der Waals surface area (Å²) >= 11 is 0. The number of hydrogen-bond acceptors (Lipinski definition) is 5. The molecule has 0 bridgehead atoms. The summed E-state index contributed by atoms with van der Waals surface area (Å²) in [4.78, 5) is 16.6. The summed E-state index contributed by atoms with van der Waals surface area (Å²) in [7, 11) is 0. The lowest BCUT2D eigenvalue weighted by Gasteiger charge is -2.40. The van der Waals surface area contributed by atoms with E-state index < -0.39 is 11.9 Å². The molecule has 2 aromatic rings. The summed E-state index contributed by atoms with van der Waals surface area (Å²) in [6.07, 6.45) is -0.716. The first-order valence-corrected chi connectivity index (χ1v) is 10.7. The van der Waals surface area contributed by atoms with Crippen LogP contribution in [0.15, 0.2) is 48.5 Å². The number of amides is 1. The van der Waals surface area contributed by atoms with Crippen molar-refractivity contribution >= 4 is 5.91 Å². The lowest BCUT2D eigenvalue weighted by Crippen LogP contribution is -2.55. The van der Waals surface area contributed by atoms with Crippen LogP contribution in [0.1, 0.15) is 18.1 Å². The summed E-state index contributed by atoms with van der Waals surface area (Å²) in [5, 5.41) is 13.3. The molecule has 1 amide bonds. The minimum atomic E-state index is -0.716. The van der Waals surface area contributed by atoms with Crippen molar-refractivity contribution in [3.8, 4) is 5.75 Å². The third-order valence-corrected chi connectivity index (χ3v) is 5.50. The Morgan fingerprint density at radius 3 is 2.81 bits per heavy atom. The number of hydrogen-bond donors (Lipinski definition) is 2. The highest BCUT2D eigenvalue weighted by Gasteiger charge is 2.26. The molecule has 0 spiro atoms. The molecule has 1 aliphatic rings. The van der Waals surface area contributed by atoms with Crippen molar-refractivity contribution in [2.45, 2.75) is 32.5 Å². The predicted octanol–water partition coefficient (Wildman–Crippen LogP) is 2.20. The highest BCUT2D eigenvalue weighted by Crippen LogP contribution is 2.16. The van der Waals surface area contributed by atoms with Gasteiger partial charge in [-0.05, 0) is 31.5 Å². The third-order valence-electron chi connectivity index (χ3n) is 5.50. The van der Waals surface area contributed by atoms with Gasteiger partial charge in [0.05, 0.1) is 6.54 Å². The number of para-hydroxylation sites is 1. The average molecular weight is 430 g/mol. The van der Waals surface area contributed by atoms with E-state index in [4.69, 9.17) is 4.74 Å². The Hall–Kier alpha value is -2.48. The number of benzene rings is 2. The summed E-state index contributed by atoms with van der Waals surface area (Å²) in [5.74, 6) is -0.270. The van der Waals surface area contributed by atoms with Gasteiger partial charge in [-0.1, -0.05) is 42.0 Å². The van der Waals surface area contributed by atoms with Gasteiger partial charge < -0.3 is 15.2 Å². The zero-order valence-corrected chi connectivity index (χ0v) is 18.3. The molecule has 2 atom stereocenters. The molecule has 0 saturated carbocycles. The van der Waals surface area contributed by atoms with Crippen molar-refractivity contribution < 1.29 is 19.0 Å². The quantitative estimate of drug-likeness (QED) is 0.640. The van der Waals surface area contributed by atoms with Crippen LogP contribution in [0.4, 0.5) is 4.39 Å². The molecule has 31 heavy (non-hydrogen) atoms. The van der Waals surface area contributed by atoms with Crippen LogP contribution in [0.2, 0.25) is 0 Å². The Balaban J connectivity index is 1.37. The second-order valence-electron chi connectivity index (χ2n) is 8.24. The molecule has 3 rings (SSSR count). The van der Waals surface area contributed by atoms with E-state index in [1.807, 2.05) is 25.1 Å². The number of halogens is 1. The zero-order valence-electron chi connectivity index (χ0n) is 18.3. The van der Waals surface area contributed by atoms with Crippen LogP contribution in [0.5, 0.6) is 5.75 Å². The first-order chi connectivity index (χ1) is 14.9.